The quantitative estimate of drug-likeness (QED) is 0.615. The molecule has 0 bridgehead atoms. The lowest BCUT2D eigenvalue weighted by atomic mass is 10.1. The molecule has 0 saturated carbocycles. The van der Waals surface area contributed by atoms with Crippen LogP contribution >= 0.6 is 24.0 Å². The minimum atomic E-state index is -0.322. The number of amides is 2. The summed E-state index contributed by atoms with van der Waals surface area (Å²) < 4.78 is 0.375. The van der Waals surface area contributed by atoms with Crippen molar-refractivity contribution in [3.05, 3.63) is 77.0 Å². The summed E-state index contributed by atoms with van der Waals surface area (Å²) in [5.74, 6) is -0.579. The highest BCUT2D eigenvalue weighted by atomic mass is 32.2. The summed E-state index contributed by atoms with van der Waals surface area (Å²) in [6, 6.07) is 13.3. The molecule has 0 spiro atoms. The van der Waals surface area contributed by atoms with Crippen LogP contribution in [-0.4, -0.2) is 32.6 Å². The number of rotatable bonds is 5. The average Bonchev–Trinajstić information content (AvgIpc) is 2.90. The Labute approximate surface area is 167 Å². The molecule has 1 aromatic heterocycles. The molecule has 0 radical (unpaired) electrons. The smallest absolute Gasteiger partial charge is 0.266 e. The second-order valence-electron chi connectivity index (χ2n) is 5.86. The molecular formula is C20H17N3O2S2. The molecule has 2 aromatic rings. The van der Waals surface area contributed by atoms with Gasteiger partial charge in [0.05, 0.1) is 16.8 Å². The van der Waals surface area contributed by atoms with Crippen LogP contribution in [0.2, 0.25) is 0 Å². The van der Waals surface area contributed by atoms with Gasteiger partial charge in [-0.15, -0.1) is 0 Å². The van der Waals surface area contributed by atoms with Gasteiger partial charge in [-0.3, -0.25) is 19.5 Å². The van der Waals surface area contributed by atoms with Gasteiger partial charge in [-0.2, -0.15) is 0 Å². The summed E-state index contributed by atoms with van der Waals surface area (Å²) in [6.07, 6.45) is 6.95. The third kappa shape index (κ3) is 5.12. The van der Waals surface area contributed by atoms with E-state index >= 15 is 0 Å². The third-order valence-corrected chi connectivity index (χ3v) is 5.05. The van der Waals surface area contributed by atoms with Crippen molar-refractivity contribution in [2.45, 2.75) is 6.92 Å². The highest BCUT2D eigenvalue weighted by molar-refractivity contribution is 8.26. The molecule has 1 fully saturated rings. The third-order valence-electron chi connectivity index (χ3n) is 3.67. The highest BCUT2D eigenvalue weighted by Gasteiger charge is 2.33. The number of carbonyl (C=O) groups is 2. The maximum atomic E-state index is 12.6. The molecule has 0 atom stereocenters. The average molecular weight is 396 g/mol. The molecule has 1 N–H and O–H groups in total. The predicted octanol–water partition coefficient (Wildman–Crippen LogP) is 3.87. The number of thiocarbonyl (C=S) groups is 1. The van der Waals surface area contributed by atoms with Gasteiger partial charge in [0, 0.05) is 6.20 Å². The van der Waals surface area contributed by atoms with Gasteiger partial charge in [0.2, 0.25) is 5.91 Å². The number of benzene rings is 1. The van der Waals surface area contributed by atoms with Crippen molar-refractivity contribution >= 4 is 51.9 Å². The SMILES string of the molecule is CC(/C=C1\SC(=S)N(CC(=O)Nc2cccnc2)C1=O)=C\c1ccccc1. The van der Waals surface area contributed by atoms with Gasteiger partial charge in [-0.05, 0) is 36.3 Å². The van der Waals surface area contributed by atoms with Crippen molar-refractivity contribution in [3.8, 4) is 0 Å². The summed E-state index contributed by atoms with van der Waals surface area (Å²) >= 11 is 6.48. The lowest BCUT2D eigenvalue weighted by molar-refractivity contribution is -0.126. The number of hydrogen-bond acceptors (Lipinski definition) is 5. The van der Waals surface area contributed by atoms with Crippen LogP contribution in [0.25, 0.3) is 6.08 Å². The number of allylic oxidation sites excluding steroid dienone is 2. The number of pyridine rings is 1. The maximum absolute atomic E-state index is 12.6. The Morgan fingerprint density at radius 1 is 1.26 bits per heavy atom. The Balaban J connectivity index is 1.67. The second kappa shape index (κ2) is 8.75. The van der Waals surface area contributed by atoms with Gasteiger partial charge in [0.15, 0.2) is 0 Å². The van der Waals surface area contributed by atoms with Crippen LogP contribution in [0.5, 0.6) is 0 Å². The van der Waals surface area contributed by atoms with Crippen molar-refractivity contribution in [1.82, 2.24) is 9.88 Å². The van der Waals surface area contributed by atoms with Crippen LogP contribution in [0.3, 0.4) is 0 Å². The molecule has 136 valence electrons. The predicted molar refractivity (Wildman–Crippen MR) is 113 cm³/mol. The van der Waals surface area contributed by atoms with E-state index in [1.54, 1.807) is 30.6 Å². The lowest BCUT2D eigenvalue weighted by Gasteiger charge is -2.14. The van der Waals surface area contributed by atoms with Crippen LogP contribution < -0.4 is 5.32 Å². The van der Waals surface area contributed by atoms with Crippen molar-refractivity contribution in [3.63, 3.8) is 0 Å². The maximum Gasteiger partial charge on any atom is 0.266 e. The van der Waals surface area contributed by atoms with Crippen molar-refractivity contribution in [2.75, 3.05) is 11.9 Å². The molecule has 2 amide bonds. The summed E-state index contributed by atoms with van der Waals surface area (Å²) in [5.41, 5.74) is 2.56. The number of hydrogen-bond donors (Lipinski definition) is 1. The van der Waals surface area contributed by atoms with E-state index in [0.29, 0.717) is 14.9 Å². The lowest BCUT2D eigenvalue weighted by Crippen LogP contribution is -2.36. The minimum Gasteiger partial charge on any atom is -0.323 e. The normalized spacial score (nSPS) is 16.1. The second-order valence-corrected chi connectivity index (χ2v) is 7.53. The molecule has 27 heavy (non-hydrogen) atoms. The van der Waals surface area contributed by atoms with Crippen LogP contribution in [0, 0.1) is 0 Å². The van der Waals surface area contributed by atoms with Crippen molar-refractivity contribution in [2.24, 2.45) is 0 Å². The molecule has 2 heterocycles. The molecule has 0 unspecified atom stereocenters. The number of nitrogens with zero attached hydrogens (tertiary/aromatic N) is 2. The molecular weight excluding hydrogens is 378 g/mol. The van der Waals surface area contributed by atoms with Crippen LogP contribution in [-0.2, 0) is 9.59 Å². The Kier molecular flexibility index (Phi) is 6.16. The first-order chi connectivity index (χ1) is 13.0. The first-order valence-corrected chi connectivity index (χ1v) is 9.44. The first kappa shape index (κ1) is 19.0. The monoisotopic (exact) mass is 395 g/mol. The summed E-state index contributed by atoms with van der Waals surface area (Å²) in [7, 11) is 0. The fourth-order valence-corrected chi connectivity index (χ4v) is 3.78. The van der Waals surface area contributed by atoms with Gasteiger partial charge in [0.1, 0.15) is 10.9 Å². The van der Waals surface area contributed by atoms with E-state index in [0.717, 1.165) is 11.1 Å². The van der Waals surface area contributed by atoms with E-state index in [4.69, 9.17) is 12.2 Å². The Bertz CT molecular complexity index is 925. The fourth-order valence-electron chi connectivity index (χ4n) is 2.48. The summed E-state index contributed by atoms with van der Waals surface area (Å²) in [4.78, 5) is 30.6. The molecule has 0 aliphatic carbocycles. The van der Waals surface area contributed by atoms with Crippen molar-refractivity contribution < 1.29 is 9.59 Å². The zero-order chi connectivity index (χ0) is 19.2. The van der Waals surface area contributed by atoms with E-state index in [1.165, 1.54) is 16.7 Å². The fraction of sp³-hybridized carbons (Fsp3) is 0.100. The van der Waals surface area contributed by atoms with Gasteiger partial charge in [-0.25, -0.2) is 0 Å². The van der Waals surface area contributed by atoms with Gasteiger partial charge in [-0.1, -0.05) is 60.4 Å². The van der Waals surface area contributed by atoms with Crippen LogP contribution in [0.15, 0.2) is 71.4 Å². The number of aromatic nitrogens is 1. The van der Waals surface area contributed by atoms with Crippen LogP contribution in [0.1, 0.15) is 12.5 Å². The Morgan fingerprint density at radius 2 is 2.04 bits per heavy atom. The minimum absolute atomic E-state index is 0.127. The van der Waals surface area contributed by atoms with E-state index in [-0.39, 0.29) is 18.4 Å². The summed E-state index contributed by atoms with van der Waals surface area (Å²) in [6.45, 7) is 1.80. The number of anilines is 1. The van der Waals surface area contributed by atoms with E-state index < -0.39 is 0 Å². The number of carbonyl (C=O) groups excluding carboxylic acids is 2. The zero-order valence-corrected chi connectivity index (χ0v) is 16.2. The summed E-state index contributed by atoms with van der Waals surface area (Å²) in [5, 5.41) is 2.70. The Morgan fingerprint density at radius 3 is 2.74 bits per heavy atom. The molecule has 1 aromatic carbocycles. The molecule has 7 heteroatoms. The molecule has 5 nitrogen and oxygen atoms in total. The topological polar surface area (TPSA) is 62.3 Å². The van der Waals surface area contributed by atoms with Crippen molar-refractivity contribution in [1.29, 1.82) is 0 Å². The van der Waals surface area contributed by atoms with Gasteiger partial charge < -0.3 is 5.32 Å². The molecule has 1 saturated heterocycles. The first-order valence-electron chi connectivity index (χ1n) is 8.21. The van der Waals surface area contributed by atoms with E-state index in [1.807, 2.05) is 43.3 Å². The van der Waals surface area contributed by atoms with Crippen LogP contribution in [0.4, 0.5) is 5.69 Å². The standard InChI is InChI=1S/C20H17N3O2S2/c1-14(10-15-6-3-2-4-7-15)11-17-19(25)23(20(26)27-17)13-18(24)22-16-8-5-9-21-12-16/h2-12H,13H2,1H3,(H,22,24)/b14-10+,17-11-. The van der Waals surface area contributed by atoms with E-state index in [9.17, 15) is 9.59 Å². The Hall–Kier alpha value is -2.77. The molecule has 1 aliphatic heterocycles. The zero-order valence-electron chi connectivity index (χ0n) is 14.6. The van der Waals surface area contributed by atoms with Gasteiger partial charge in [0.25, 0.3) is 5.91 Å². The van der Waals surface area contributed by atoms with E-state index in [2.05, 4.69) is 10.3 Å². The molecule has 3 rings (SSSR count). The largest absolute Gasteiger partial charge is 0.323 e. The number of thioether (sulfide) groups is 1. The number of nitrogens with one attached hydrogen (secondary N) is 1. The van der Waals surface area contributed by atoms with Gasteiger partial charge >= 0.3 is 0 Å². The molecule has 1 aliphatic rings. The highest BCUT2D eigenvalue weighted by Crippen LogP contribution is 2.32.